The number of fused-ring (bicyclic) bond motifs is 1. The zero-order chi connectivity index (χ0) is 21.2. The number of aromatic nitrogens is 3. The van der Waals surface area contributed by atoms with E-state index in [-0.39, 0.29) is 11.9 Å². The number of carbonyl (C=O) groups excluding carboxylic acids is 1. The van der Waals surface area contributed by atoms with Gasteiger partial charge in [0.25, 0.3) is 5.91 Å². The van der Waals surface area contributed by atoms with Gasteiger partial charge in [0.05, 0.1) is 41.5 Å². The normalized spacial score (nSPS) is 15.2. The first-order valence-electron chi connectivity index (χ1n) is 10.3. The molecular weight excluding hydrogens is 410 g/mol. The average Bonchev–Trinajstić information content (AvgIpc) is 3.49. The Morgan fingerprint density at radius 3 is 2.77 bits per heavy atom. The van der Waals surface area contributed by atoms with Crippen molar-refractivity contribution in [2.45, 2.75) is 13.0 Å². The number of benzene rings is 1. The predicted octanol–water partition coefficient (Wildman–Crippen LogP) is 4.01. The van der Waals surface area contributed by atoms with Gasteiger partial charge in [0, 0.05) is 24.0 Å². The van der Waals surface area contributed by atoms with Gasteiger partial charge in [-0.15, -0.1) is 0 Å². The minimum atomic E-state index is -0.269. The van der Waals surface area contributed by atoms with Crippen LogP contribution in [0.25, 0.3) is 22.3 Å². The van der Waals surface area contributed by atoms with Gasteiger partial charge in [0.2, 0.25) is 0 Å². The number of ether oxygens (including phenoxy) is 1. The molecule has 0 saturated carbocycles. The van der Waals surface area contributed by atoms with Gasteiger partial charge in [-0.3, -0.25) is 4.79 Å². The maximum Gasteiger partial charge on any atom is 0.255 e. The number of anilines is 1. The lowest BCUT2D eigenvalue weighted by Crippen LogP contribution is -2.39. The number of nitrogens with one attached hydrogen (secondary N) is 2. The van der Waals surface area contributed by atoms with E-state index in [0.29, 0.717) is 37.7 Å². The summed E-state index contributed by atoms with van der Waals surface area (Å²) >= 11 is 1.63. The van der Waals surface area contributed by atoms with E-state index in [0.717, 1.165) is 28.1 Å². The molecule has 1 atom stereocenters. The zero-order valence-electron chi connectivity index (χ0n) is 17.2. The van der Waals surface area contributed by atoms with Crippen LogP contribution in [0.15, 0.2) is 53.2 Å². The van der Waals surface area contributed by atoms with E-state index in [2.05, 4.69) is 25.6 Å². The molecule has 0 bridgehead atoms. The number of hydrogen-bond donors (Lipinski definition) is 2. The fourth-order valence-electron chi connectivity index (χ4n) is 3.73. The molecule has 1 aromatic carbocycles. The Balaban J connectivity index is 1.44. The molecule has 2 N–H and O–H groups in total. The van der Waals surface area contributed by atoms with Crippen LogP contribution >= 0.6 is 11.3 Å². The minimum Gasteiger partial charge on any atom is -0.378 e. The lowest BCUT2D eigenvalue weighted by atomic mass is 10.1. The summed E-state index contributed by atoms with van der Waals surface area (Å²) in [4.78, 5) is 28.1. The van der Waals surface area contributed by atoms with Gasteiger partial charge in [0.1, 0.15) is 11.6 Å². The van der Waals surface area contributed by atoms with Crippen LogP contribution in [0, 0.1) is 0 Å². The van der Waals surface area contributed by atoms with Gasteiger partial charge in [-0.05, 0) is 42.6 Å². The Morgan fingerprint density at radius 1 is 1.16 bits per heavy atom. The number of H-pyrrole nitrogens is 1. The predicted molar refractivity (Wildman–Crippen MR) is 123 cm³/mol. The number of amides is 1. The van der Waals surface area contributed by atoms with Gasteiger partial charge in [-0.1, -0.05) is 12.1 Å². The molecule has 4 aromatic rings. The largest absolute Gasteiger partial charge is 0.378 e. The number of para-hydroxylation sites is 2. The van der Waals surface area contributed by atoms with Crippen molar-refractivity contribution in [3.63, 3.8) is 0 Å². The van der Waals surface area contributed by atoms with Crippen molar-refractivity contribution in [3.05, 3.63) is 64.6 Å². The van der Waals surface area contributed by atoms with Crippen LogP contribution in [0.1, 0.15) is 29.1 Å². The lowest BCUT2D eigenvalue weighted by molar-refractivity contribution is 0.0936. The lowest BCUT2D eigenvalue weighted by Gasteiger charge is -2.29. The second kappa shape index (κ2) is 8.49. The van der Waals surface area contributed by atoms with Crippen molar-refractivity contribution >= 4 is 34.1 Å². The molecular formula is C23H23N5O2S. The Bertz CT molecular complexity index is 1160. The van der Waals surface area contributed by atoms with Gasteiger partial charge >= 0.3 is 0 Å². The number of thiophene rings is 1. The molecule has 158 valence electrons. The van der Waals surface area contributed by atoms with E-state index in [4.69, 9.17) is 9.72 Å². The van der Waals surface area contributed by atoms with Gasteiger partial charge < -0.3 is 19.9 Å². The number of hydrogen-bond acceptors (Lipinski definition) is 6. The molecule has 4 heterocycles. The second-order valence-electron chi connectivity index (χ2n) is 7.51. The Labute approximate surface area is 184 Å². The molecule has 0 unspecified atom stereocenters. The monoisotopic (exact) mass is 433 g/mol. The Kier molecular flexibility index (Phi) is 5.40. The number of imidazole rings is 1. The SMILES string of the molecule is C[C@@H](NC(=O)c1ccc(-c2ccsc2)nc1N1CCOCC1)c1nc2ccccc2[nH]1. The maximum atomic E-state index is 13.3. The summed E-state index contributed by atoms with van der Waals surface area (Å²) < 4.78 is 5.49. The fourth-order valence-corrected chi connectivity index (χ4v) is 4.38. The third-order valence-corrected chi connectivity index (χ3v) is 6.10. The van der Waals surface area contributed by atoms with Gasteiger partial charge in [0.15, 0.2) is 0 Å². The number of nitrogens with zero attached hydrogens (tertiary/aromatic N) is 3. The summed E-state index contributed by atoms with van der Waals surface area (Å²) in [6.07, 6.45) is 0. The summed E-state index contributed by atoms with van der Waals surface area (Å²) in [6, 6.07) is 13.4. The quantitative estimate of drug-likeness (QED) is 0.497. The Morgan fingerprint density at radius 2 is 2.00 bits per heavy atom. The molecule has 0 spiro atoms. The van der Waals surface area contributed by atoms with Crippen molar-refractivity contribution in [1.29, 1.82) is 0 Å². The molecule has 3 aromatic heterocycles. The molecule has 1 amide bonds. The summed E-state index contributed by atoms with van der Waals surface area (Å²) in [7, 11) is 0. The summed E-state index contributed by atoms with van der Waals surface area (Å²) in [5, 5.41) is 7.17. The number of carbonyl (C=O) groups is 1. The van der Waals surface area contributed by atoms with Crippen LogP contribution in [0.4, 0.5) is 5.82 Å². The smallest absolute Gasteiger partial charge is 0.255 e. The average molecular weight is 434 g/mol. The third-order valence-electron chi connectivity index (χ3n) is 5.41. The van der Waals surface area contributed by atoms with E-state index in [1.165, 1.54) is 0 Å². The van der Waals surface area contributed by atoms with Crippen molar-refractivity contribution in [1.82, 2.24) is 20.3 Å². The first-order valence-corrected chi connectivity index (χ1v) is 11.2. The van der Waals surface area contributed by atoms with Crippen molar-refractivity contribution < 1.29 is 9.53 Å². The number of rotatable bonds is 5. The van der Waals surface area contributed by atoms with E-state index >= 15 is 0 Å². The van der Waals surface area contributed by atoms with Crippen molar-refractivity contribution in [2.75, 3.05) is 31.2 Å². The fraction of sp³-hybridized carbons (Fsp3) is 0.261. The maximum absolute atomic E-state index is 13.3. The number of aromatic amines is 1. The van der Waals surface area contributed by atoms with E-state index in [1.54, 1.807) is 11.3 Å². The first-order chi connectivity index (χ1) is 15.2. The van der Waals surface area contributed by atoms with E-state index in [9.17, 15) is 4.79 Å². The zero-order valence-corrected chi connectivity index (χ0v) is 18.0. The summed E-state index contributed by atoms with van der Waals surface area (Å²) in [5.41, 5.74) is 4.32. The van der Waals surface area contributed by atoms with Crippen LogP contribution in [0.2, 0.25) is 0 Å². The summed E-state index contributed by atoms with van der Waals surface area (Å²) in [5.74, 6) is 1.26. The molecule has 1 aliphatic heterocycles. The van der Waals surface area contributed by atoms with Crippen LogP contribution in [-0.2, 0) is 4.74 Å². The molecule has 8 heteroatoms. The standard InChI is InChI=1S/C23H23N5O2S/c1-15(21-25-19-4-2-3-5-20(19)26-21)24-23(29)17-6-7-18(16-8-13-31-14-16)27-22(17)28-9-11-30-12-10-28/h2-8,13-15H,9-12H2,1H3,(H,24,29)(H,25,26)/t15-/m1/s1. The highest BCUT2D eigenvalue weighted by atomic mass is 32.1. The first kappa shape index (κ1) is 19.7. The minimum absolute atomic E-state index is 0.168. The number of pyridine rings is 1. The highest BCUT2D eigenvalue weighted by Gasteiger charge is 2.23. The molecule has 5 rings (SSSR count). The molecule has 1 aliphatic rings. The van der Waals surface area contributed by atoms with Gasteiger partial charge in [-0.2, -0.15) is 11.3 Å². The van der Waals surface area contributed by atoms with Crippen LogP contribution in [0.3, 0.4) is 0 Å². The molecule has 7 nitrogen and oxygen atoms in total. The summed E-state index contributed by atoms with van der Waals surface area (Å²) in [6.45, 7) is 4.60. The van der Waals surface area contributed by atoms with Crippen molar-refractivity contribution in [3.8, 4) is 11.3 Å². The topological polar surface area (TPSA) is 83.1 Å². The van der Waals surface area contributed by atoms with Crippen LogP contribution in [0.5, 0.6) is 0 Å². The molecule has 1 fully saturated rings. The van der Waals surface area contributed by atoms with E-state index < -0.39 is 0 Å². The second-order valence-corrected chi connectivity index (χ2v) is 8.29. The van der Waals surface area contributed by atoms with Crippen LogP contribution < -0.4 is 10.2 Å². The molecule has 0 radical (unpaired) electrons. The number of morpholine rings is 1. The molecule has 31 heavy (non-hydrogen) atoms. The van der Waals surface area contributed by atoms with Crippen molar-refractivity contribution in [2.24, 2.45) is 0 Å². The molecule has 1 saturated heterocycles. The molecule has 0 aliphatic carbocycles. The Hall–Kier alpha value is -3.23. The highest BCUT2D eigenvalue weighted by molar-refractivity contribution is 7.08. The third kappa shape index (κ3) is 4.04. The van der Waals surface area contributed by atoms with Gasteiger partial charge in [-0.25, -0.2) is 9.97 Å². The van der Waals surface area contributed by atoms with E-state index in [1.807, 2.05) is 54.8 Å². The highest BCUT2D eigenvalue weighted by Crippen LogP contribution is 2.27. The van der Waals surface area contributed by atoms with Crippen LogP contribution in [-0.4, -0.2) is 47.2 Å².